The van der Waals surface area contributed by atoms with Crippen molar-refractivity contribution in [2.24, 2.45) is 5.92 Å². The largest absolute Gasteiger partial charge is 0.515 e. The van der Waals surface area contributed by atoms with Gasteiger partial charge in [0, 0.05) is 17.8 Å². The molecule has 2 N–H and O–H groups in total. The quantitative estimate of drug-likeness (QED) is 0.122. The van der Waals surface area contributed by atoms with E-state index in [1.54, 1.807) is 24.3 Å². The van der Waals surface area contributed by atoms with Gasteiger partial charge in [0.05, 0.1) is 12.8 Å². The number of carbonyl (C=O) groups excluding carboxylic acids is 3. The molecule has 34 heavy (non-hydrogen) atoms. The normalized spacial score (nSPS) is 15.8. The Balaban J connectivity index is 1.86. The van der Waals surface area contributed by atoms with E-state index in [4.69, 9.17) is 5.11 Å². The van der Waals surface area contributed by atoms with Crippen LogP contribution in [0.5, 0.6) is 0 Å². The molecule has 1 saturated heterocycles. The van der Waals surface area contributed by atoms with Crippen molar-refractivity contribution >= 4 is 29.0 Å². The summed E-state index contributed by atoms with van der Waals surface area (Å²) in [6.45, 7) is 4.36. The highest BCUT2D eigenvalue weighted by molar-refractivity contribution is 6.31. The van der Waals surface area contributed by atoms with Crippen LogP contribution in [0, 0.1) is 5.92 Å². The van der Waals surface area contributed by atoms with Crippen LogP contribution in [0.15, 0.2) is 36.1 Å². The average Bonchev–Trinajstić information content (AvgIpc) is 3.12. The lowest BCUT2D eigenvalue weighted by Gasteiger charge is -2.18. The van der Waals surface area contributed by atoms with Crippen molar-refractivity contribution in [3.8, 4) is 0 Å². The SMILES string of the molecule is CCCCCCCCC(CCCCCC)CC(=O)Nc1ccc(N2CC(=O)/C(=C/O)C2=O)cc1. The number of nitrogens with zero attached hydrogens (tertiary/aromatic N) is 1. The number of rotatable bonds is 16. The van der Waals surface area contributed by atoms with Crippen molar-refractivity contribution in [1.29, 1.82) is 0 Å². The number of ketones is 1. The molecule has 1 atom stereocenters. The Morgan fingerprint density at radius 2 is 1.50 bits per heavy atom. The number of unbranched alkanes of at least 4 members (excludes halogenated alkanes) is 8. The molecule has 0 aliphatic carbocycles. The van der Waals surface area contributed by atoms with Gasteiger partial charge in [0.2, 0.25) is 5.91 Å². The topological polar surface area (TPSA) is 86.7 Å². The molecular formula is C28H42N2O4. The van der Waals surface area contributed by atoms with Crippen LogP contribution in [-0.4, -0.2) is 29.2 Å². The second-order valence-electron chi connectivity index (χ2n) is 9.43. The van der Waals surface area contributed by atoms with Gasteiger partial charge in [-0.25, -0.2) is 0 Å². The monoisotopic (exact) mass is 470 g/mol. The Bertz CT molecular complexity index is 816. The Morgan fingerprint density at radius 3 is 2.06 bits per heavy atom. The van der Waals surface area contributed by atoms with Crippen LogP contribution < -0.4 is 10.2 Å². The van der Waals surface area contributed by atoms with Crippen LogP contribution in [0.3, 0.4) is 0 Å². The van der Waals surface area contributed by atoms with Crippen LogP contribution in [0.25, 0.3) is 0 Å². The van der Waals surface area contributed by atoms with Gasteiger partial charge in [-0.1, -0.05) is 78.1 Å². The zero-order valence-corrected chi connectivity index (χ0v) is 21.0. The van der Waals surface area contributed by atoms with Gasteiger partial charge in [-0.15, -0.1) is 0 Å². The van der Waals surface area contributed by atoms with Crippen molar-refractivity contribution in [3.63, 3.8) is 0 Å². The Kier molecular flexibility index (Phi) is 12.4. The predicted octanol–water partition coefficient (Wildman–Crippen LogP) is 6.71. The molecule has 6 heteroatoms. The summed E-state index contributed by atoms with van der Waals surface area (Å²) in [5.74, 6) is -0.471. The van der Waals surface area contributed by atoms with Gasteiger partial charge < -0.3 is 15.3 Å². The van der Waals surface area contributed by atoms with Crippen LogP contribution in [-0.2, 0) is 14.4 Å². The van der Waals surface area contributed by atoms with E-state index < -0.39 is 11.7 Å². The molecule has 1 fully saturated rings. The van der Waals surface area contributed by atoms with Gasteiger partial charge >= 0.3 is 0 Å². The molecule has 1 aliphatic heterocycles. The summed E-state index contributed by atoms with van der Waals surface area (Å²) in [5, 5.41) is 12.1. The maximum Gasteiger partial charge on any atom is 0.265 e. The van der Waals surface area contributed by atoms with E-state index in [0.717, 1.165) is 12.8 Å². The molecule has 1 unspecified atom stereocenters. The molecule has 2 rings (SSSR count). The predicted molar refractivity (Wildman–Crippen MR) is 138 cm³/mol. The fraction of sp³-hybridized carbons (Fsp3) is 0.607. The molecule has 0 bridgehead atoms. The van der Waals surface area contributed by atoms with Gasteiger partial charge in [0.15, 0.2) is 5.78 Å². The van der Waals surface area contributed by atoms with E-state index >= 15 is 0 Å². The molecule has 2 amide bonds. The van der Waals surface area contributed by atoms with Gasteiger partial charge in [-0.2, -0.15) is 0 Å². The summed E-state index contributed by atoms with van der Waals surface area (Å²) in [6.07, 6.45) is 15.8. The number of benzene rings is 1. The van der Waals surface area contributed by atoms with E-state index in [9.17, 15) is 14.4 Å². The Morgan fingerprint density at radius 1 is 0.941 bits per heavy atom. The van der Waals surface area contributed by atoms with E-state index in [-0.39, 0.29) is 18.0 Å². The maximum absolute atomic E-state index is 12.7. The van der Waals surface area contributed by atoms with Crippen molar-refractivity contribution < 1.29 is 19.5 Å². The molecule has 0 radical (unpaired) electrons. The number of amides is 2. The number of aliphatic hydroxyl groups excluding tert-OH is 1. The summed E-state index contributed by atoms with van der Waals surface area (Å²) in [4.78, 5) is 38.1. The van der Waals surface area contributed by atoms with Crippen LogP contribution in [0.4, 0.5) is 11.4 Å². The zero-order valence-electron chi connectivity index (χ0n) is 21.0. The Labute approximate surface area is 204 Å². The molecule has 0 spiro atoms. The molecule has 188 valence electrons. The first-order valence-corrected chi connectivity index (χ1v) is 13.1. The van der Waals surface area contributed by atoms with E-state index in [0.29, 0.717) is 30.0 Å². The fourth-order valence-electron chi connectivity index (χ4n) is 4.52. The van der Waals surface area contributed by atoms with Crippen LogP contribution >= 0.6 is 0 Å². The minimum Gasteiger partial charge on any atom is -0.515 e. The minimum atomic E-state index is -0.509. The standard InChI is InChI=1S/C28H42N2O4/c1-3-5-7-9-10-12-14-22(13-11-8-6-4-2)19-27(33)29-23-15-17-24(18-16-23)30-20-26(32)25(21-31)28(30)34/h15-18,21-22,31H,3-14,19-20H2,1-2H3,(H,29,33)/b25-21-. The van der Waals surface area contributed by atoms with Gasteiger partial charge in [0.1, 0.15) is 5.57 Å². The molecule has 1 heterocycles. The van der Waals surface area contributed by atoms with E-state index in [1.165, 1.54) is 69.1 Å². The summed E-state index contributed by atoms with van der Waals surface area (Å²) in [7, 11) is 0. The lowest BCUT2D eigenvalue weighted by molar-refractivity contribution is -0.118. The van der Waals surface area contributed by atoms with E-state index in [1.807, 2.05) is 0 Å². The summed E-state index contributed by atoms with van der Waals surface area (Å²) >= 11 is 0. The van der Waals surface area contributed by atoms with Gasteiger partial charge in [-0.05, 0) is 43.0 Å². The number of nitrogens with one attached hydrogen (secondary N) is 1. The molecule has 0 aromatic heterocycles. The molecule has 1 aromatic rings. The number of hydrogen-bond acceptors (Lipinski definition) is 4. The summed E-state index contributed by atoms with van der Waals surface area (Å²) < 4.78 is 0. The number of Topliss-reactive ketones (excluding diaryl/α,β-unsaturated/α-hetero) is 1. The highest BCUT2D eigenvalue weighted by Crippen LogP contribution is 2.26. The summed E-state index contributed by atoms with van der Waals surface area (Å²) in [5.41, 5.74) is 1.03. The van der Waals surface area contributed by atoms with Crippen molar-refractivity contribution in [1.82, 2.24) is 0 Å². The highest BCUT2D eigenvalue weighted by Gasteiger charge is 2.34. The minimum absolute atomic E-state index is 0.0251. The van der Waals surface area contributed by atoms with Crippen LogP contribution in [0.1, 0.15) is 97.3 Å². The molecule has 6 nitrogen and oxygen atoms in total. The second-order valence-corrected chi connectivity index (χ2v) is 9.43. The first-order chi connectivity index (χ1) is 16.5. The smallest absolute Gasteiger partial charge is 0.265 e. The first-order valence-electron chi connectivity index (χ1n) is 13.1. The van der Waals surface area contributed by atoms with Crippen molar-refractivity contribution in [3.05, 3.63) is 36.1 Å². The van der Waals surface area contributed by atoms with Crippen LogP contribution in [0.2, 0.25) is 0 Å². The summed E-state index contributed by atoms with van der Waals surface area (Å²) in [6, 6.07) is 6.91. The lowest BCUT2D eigenvalue weighted by atomic mass is 9.91. The lowest BCUT2D eigenvalue weighted by Crippen LogP contribution is -2.24. The zero-order chi connectivity index (χ0) is 24.8. The van der Waals surface area contributed by atoms with Gasteiger partial charge in [0.25, 0.3) is 5.91 Å². The maximum atomic E-state index is 12.7. The van der Waals surface area contributed by atoms with Crippen molar-refractivity contribution in [2.45, 2.75) is 97.3 Å². The van der Waals surface area contributed by atoms with Gasteiger partial charge in [-0.3, -0.25) is 14.4 Å². The molecule has 1 aromatic carbocycles. The molecule has 0 saturated carbocycles. The highest BCUT2D eigenvalue weighted by atomic mass is 16.2. The Hall–Kier alpha value is -2.63. The molecule has 1 aliphatic rings. The first kappa shape index (κ1) is 27.6. The third kappa shape index (κ3) is 8.96. The molecular weight excluding hydrogens is 428 g/mol. The third-order valence-corrected chi connectivity index (χ3v) is 6.58. The number of carbonyl (C=O) groups is 3. The second kappa shape index (κ2) is 15.3. The number of anilines is 2. The number of aliphatic hydroxyl groups is 1. The van der Waals surface area contributed by atoms with Crippen molar-refractivity contribution in [2.75, 3.05) is 16.8 Å². The third-order valence-electron chi connectivity index (χ3n) is 6.58. The fourth-order valence-corrected chi connectivity index (χ4v) is 4.52. The average molecular weight is 471 g/mol. The number of hydrogen-bond donors (Lipinski definition) is 2. The van der Waals surface area contributed by atoms with E-state index in [2.05, 4.69) is 19.2 Å².